The molecule has 0 saturated carbocycles. The Morgan fingerprint density at radius 1 is 1.03 bits per heavy atom. The molecule has 2 aromatic carbocycles. The Balaban J connectivity index is 1.55. The van der Waals surface area contributed by atoms with E-state index in [4.69, 9.17) is 23.2 Å². The van der Waals surface area contributed by atoms with Gasteiger partial charge in [-0.15, -0.1) is 11.3 Å². The van der Waals surface area contributed by atoms with E-state index in [1.165, 1.54) is 24.3 Å². The zero-order chi connectivity index (χ0) is 26.4. The van der Waals surface area contributed by atoms with E-state index in [2.05, 4.69) is 5.32 Å². The van der Waals surface area contributed by atoms with Gasteiger partial charge in [0.1, 0.15) is 4.21 Å². The van der Waals surface area contributed by atoms with Gasteiger partial charge in [-0.25, -0.2) is 22.8 Å². The first-order valence-electron chi connectivity index (χ1n) is 9.72. The summed E-state index contributed by atoms with van der Waals surface area (Å²) in [4.78, 5) is 38.4. The van der Waals surface area contributed by atoms with Gasteiger partial charge in [0.2, 0.25) is 5.91 Å². The number of carbonyl (C=O) groups excluding carboxylic acids is 3. The molecule has 1 aromatic heterocycles. The minimum Gasteiger partial charge on any atom is -0.307 e. The minimum atomic E-state index is -4.68. The number of nitrogens with one attached hydrogen (secondary N) is 2. The summed E-state index contributed by atoms with van der Waals surface area (Å²) in [5.74, 6) is -1.71. The summed E-state index contributed by atoms with van der Waals surface area (Å²) < 4.78 is 65.6. The van der Waals surface area contributed by atoms with Gasteiger partial charge in [0.05, 0.1) is 27.0 Å². The van der Waals surface area contributed by atoms with Gasteiger partial charge in [0.15, 0.2) is 0 Å². The molecule has 0 radical (unpaired) electrons. The Morgan fingerprint density at radius 3 is 2.36 bits per heavy atom. The highest BCUT2D eigenvalue weighted by Gasteiger charge is 2.37. The highest BCUT2D eigenvalue weighted by molar-refractivity contribution is 7.92. The number of halogens is 5. The highest BCUT2D eigenvalue weighted by atomic mass is 35.5. The van der Waals surface area contributed by atoms with E-state index in [1.54, 1.807) is 4.72 Å². The number of benzene rings is 2. The molecule has 0 unspecified atom stereocenters. The first-order chi connectivity index (χ1) is 16.8. The second-order valence-electron chi connectivity index (χ2n) is 7.37. The summed E-state index contributed by atoms with van der Waals surface area (Å²) in [6, 6.07) is 7.57. The first-order valence-corrected chi connectivity index (χ1v) is 12.8. The lowest BCUT2D eigenvalue weighted by molar-refractivity contribution is -0.137. The number of hydrogen-bond acceptors (Lipinski definition) is 6. The predicted molar refractivity (Wildman–Crippen MR) is 127 cm³/mol. The van der Waals surface area contributed by atoms with E-state index in [9.17, 15) is 36.0 Å². The number of imide groups is 1. The van der Waals surface area contributed by atoms with Crippen LogP contribution < -0.4 is 14.9 Å². The number of nitrogens with zero attached hydrogens (tertiary/aromatic N) is 1. The van der Waals surface area contributed by atoms with Crippen molar-refractivity contribution in [1.82, 2.24) is 4.72 Å². The summed E-state index contributed by atoms with van der Waals surface area (Å²) in [6.07, 6.45) is -5.01. The molecule has 0 fully saturated rings. The average molecular weight is 578 g/mol. The number of anilines is 2. The standard InChI is InChI=1S/C21H12Cl2F3N3O5S2/c22-14-9-12(27-20(32)28-36(33,34)18-6-5-16(23)35-18)3-4-15(14)29-17(30)7-10-1-2-11(21(24,25)26)8-13(10)19(29)31/h1-6,8-9H,7H2,(H2,27,28,32). The fourth-order valence-electron chi connectivity index (χ4n) is 3.36. The lowest BCUT2D eigenvalue weighted by Crippen LogP contribution is -2.42. The number of alkyl halides is 3. The lowest BCUT2D eigenvalue weighted by atomic mass is 9.95. The van der Waals surface area contributed by atoms with Gasteiger partial charge in [-0.1, -0.05) is 29.3 Å². The molecule has 188 valence electrons. The van der Waals surface area contributed by atoms with Crippen molar-refractivity contribution in [3.63, 3.8) is 0 Å². The Morgan fingerprint density at radius 2 is 1.75 bits per heavy atom. The van der Waals surface area contributed by atoms with Gasteiger partial charge < -0.3 is 5.32 Å². The fraction of sp³-hybridized carbons (Fsp3) is 0.0952. The fourth-order valence-corrected chi connectivity index (χ4v) is 6.02. The third kappa shape index (κ3) is 5.19. The second kappa shape index (κ2) is 9.39. The van der Waals surface area contributed by atoms with Crippen molar-refractivity contribution in [2.75, 3.05) is 10.2 Å². The number of hydrogen-bond donors (Lipinski definition) is 2. The van der Waals surface area contributed by atoms with Crippen LogP contribution in [0.4, 0.5) is 29.3 Å². The van der Waals surface area contributed by atoms with E-state index in [1.807, 2.05) is 0 Å². The van der Waals surface area contributed by atoms with Crippen LogP contribution in [0.15, 0.2) is 52.7 Å². The highest BCUT2D eigenvalue weighted by Crippen LogP contribution is 2.36. The SMILES string of the molecule is O=C(Nc1ccc(N2C(=O)Cc3ccc(C(F)(F)F)cc3C2=O)c(Cl)c1)NS(=O)(=O)c1ccc(Cl)s1. The first kappa shape index (κ1) is 25.9. The predicted octanol–water partition coefficient (Wildman–Crippen LogP) is 5.31. The number of fused-ring (bicyclic) bond motifs is 1. The number of thiophene rings is 1. The topological polar surface area (TPSA) is 113 Å². The van der Waals surface area contributed by atoms with Gasteiger partial charge in [0, 0.05) is 11.3 Å². The zero-order valence-electron chi connectivity index (χ0n) is 17.5. The van der Waals surface area contributed by atoms with Crippen molar-refractivity contribution in [2.24, 2.45) is 0 Å². The van der Waals surface area contributed by atoms with Crippen molar-refractivity contribution < 1.29 is 36.0 Å². The quantitative estimate of drug-likeness (QED) is 0.408. The second-order valence-corrected chi connectivity index (χ2v) is 11.4. The van der Waals surface area contributed by atoms with Crippen molar-refractivity contribution in [1.29, 1.82) is 0 Å². The maximum absolute atomic E-state index is 13.1. The Bertz CT molecular complexity index is 1520. The molecule has 0 bridgehead atoms. The molecule has 2 heterocycles. The zero-order valence-corrected chi connectivity index (χ0v) is 20.7. The smallest absolute Gasteiger partial charge is 0.307 e. The number of rotatable bonds is 4. The number of urea groups is 1. The molecule has 0 spiro atoms. The van der Waals surface area contributed by atoms with E-state index in [0.717, 1.165) is 29.5 Å². The third-order valence-electron chi connectivity index (χ3n) is 4.95. The van der Waals surface area contributed by atoms with E-state index in [-0.39, 0.29) is 42.5 Å². The molecule has 4 amide bonds. The van der Waals surface area contributed by atoms with Crippen LogP contribution in [0, 0.1) is 0 Å². The molecule has 4 rings (SSSR count). The van der Waals surface area contributed by atoms with Crippen LogP contribution in [0.3, 0.4) is 0 Å². The molecule has 3 aromatic rings. The van der Waals surface area contributed by atoms with Crippen LogP contribution in [0.25, 0.3) is 0 Å². The van der Waals surface area contributed by atoms with Gasteiger partial charge in [-0.05, 0) is 48.0 Å². The largest absolute Gasteiger partial charge is 0.416 e. The molecule has 0 saturated heterocycles. The molecule has 1 aliphatic rings. The number of carbonyl (C=O) groups is 3. The van der Waals surface area contributed by atoms with Crippen LogP contribution in [-0.2, 0) is 27.4 Å². The van der Waals surface area contributed by atoms with E-state index < -0.39 is 39.6 Å². The van der Waals surface area contributed by atoms with Crippen molar-refractivity contribution in [2.45, 2.75) is 16.8 Å². The van der Waals surface area contributed by atoms with Crippen LogP contribution in [-0.4, -0.2) is 26.3 Å². The maximum Gasteiger partial charge on any atom is 0.416 e. The van der Waals surface area contributed by atoms with Crippen molar-refractivity contribution in [3.8, 4) is 0 Å². The van der Waals surface area contributed by atoms with Crippen LogP contribution in [0.2, 0.25) is 9.36 Å². The summed E-state index contributed by atoms with van der Waals surface area (Å²) in [5.41, 5.74) is -1.30. The van der Waals surface area contributed by atoms with Crippen molar-refractivity contribution >= 4 is 73.8 Å². The van der Waals surface area contributed by atoms with Gasteiger partial charge in [-0.2, -0.15) is 13.2 Å². The molecule has 0 aliphatic carbocycles. The monoisotopic (exact) mass is 577 g/mol. The number of amides is 4. The Hall–Kier alpha value is -3.13. The minimum absolute atomic E-state index is 0.0114. The average Bonchev–Trinajstić information content (AvgIpc) is 3.21. The van der Waals surface area contributed by atoms with Crippen LogP contribution in [0.5, 0.6) is 0 Å². The normalized spacial score (nSPS) is 14.0. The summed E-state index contributed by atoms with van der Waals surface area (Å²) >= 11 is 12.7. The van der Waals surface area contributed by atoms with Crippen molar-refractivity contribution in [3.05, 3.63) is 74.6 Å². The molecule has 36 heavy (non-hydrogen) atoms. The molecule has 8 nitrogen and oxygen atoms in total. The Kier molecular flexibility index (Phi) is 6.77. The van der Waals surface area contributed by atoms with Gasteiger partial charge in [0.25, 0.3) is 15.9 Å². The molecule has 1 aliphatic heterocycles. The van der Waals surface area contributed by atoms with Gasteiger partial charge >= 0.3 is 12.2 Å². The Labute approximate surface area is 215 Å². The summed E-state index contributed by atoms with van der Waals surface area (Å²) in [7, 11) is -4.19. The van der Waals surface area contributed by atoms with Crippen LogP contribution >= 0.6 is 34.5 Å². The van der Waals surface area contributed by atoms with Crippen LogP contribution in [0.1, 0.15) is 21.5 Å². The molecular weight excluding hydrogens is 566 g/mol. The molecule has 0 atom stereocenters. The van der Waals surface area contributed by atoms with E-state index in [0.29, 0.717) is 11.0 Å². The number of sulfonamides is 1. The summed E-state index contributed by atoms with van der Waals surface area (Å²) in [6.45, 7) is 0. The maximum atomic E-state index is 13.1. The molecule has 15 heteroatoms. The molecular formula is C21H12Cl2F3N3O5S2. The van der Waals surface area contributed by atoms with Gasteiger partial charge in [-0.3, -0.25) is 9.59 Å². The summed E-state index contributed by atoms with van der Waals surface area (Å²) in [5, 5.41) is 2.06. The lowest BCUT2D eigenvalue weighted by Gasteiger charge is -2.28. The van der Waals surface area contributed by atoms with E-state index >= 15 is 0 Å². The molecule has 2 N–H and O–H groups in total. The third-order valence-corrected chi connectivity index (χ3v) is 8.31.